The third-order valence-corrected chi connectivity index (χ3v) is 3.09. The average Bonchev–Trinajstić information content (AvgIpc) is 2.87. The minimum atomic E-state index is 0.445. The molecular weight excluding hydrogens is 280 g/mol. The first-order chi connectivity index (χ1) is 9.72. The summed E-state index contributed by atoms with van der Waals surface area (Å²) in [6.45, 7) is 0. The van der Waals surface area contributed by atoms with E-state index in [4.69, 9.17) is 21.7 Å². The zero-order valence-corrected chi connectivity index (χ0v) is 11.6. The molecule has 8 nitrogen and oxygen atoms in total. The van der Waals surface area contributed by atoms with Crippen LogP contribution < -0.4 is 20.3 Å². The lowest BCUT2D eigenvalue weighted by molar-refractivity contribution is 0.355. The first-order valence-corrected chi connectivity index (χ1v) is 6.14. The monoisotopic (exact) mass is 292 g/mol. The maximum atomic E-state index is 5.27. The van der Waals surface area contributed by atoms with Crippen LogP contribution in [0.3, 0.4) is 0 Å². The molecule has 0 saturated heterocycles. The Bertz CT molecular complexity index is 735. The molecule has 0 saturated carbocycles. The van der Waals surface area contributed by atoms with Crippen LogP contribution in [-0.4, -0.2) is 34.9 Å². The standard InChI is InChI=1S/C11H12N6O2S/c1-18-7-4-3-6(5-8(7)19-2)9-12-13-10-14-15-11(20)17(10)16-9/h3-5H,1-2H3,(H,12,16)(H,13,14)(H,15,20). The van der Waals surface area contributed by atoms with E-state index in [-0.39, 0.29) is 0 Å². The lowest BCUT2D eigenvalue weighted by Gasteiger charge is -2.17. The molecule has 0 radical (unpaired) electrons. The maximum Gasteiger partial charge on any atom is 0.263 e. The van der Waals surface area contributed by atoms with Crippen LogP contribution in [0.4, 0.5) is 5.95 Å². The Morgan fingerprint density at radius 2 is 2.00 bits per heavy atom. The molecule has 2 heterocycles. The predicted molar refractivity (Wildman–Crippen MR) is 76.5 cm³/mol. The summed E-state index contributed by atoms with van der Waals surface area (Å²) in [4.78, 5) is 0. The van der Waals surface area contributed by atoms with Gasteiger partial charge in [-0.1, -0.05) is 0 Å². The number of H-pyrrole nitrogens is 1. The van der Waals surface area contributed by atoms with Gasteiger partial charge in [0, 0.05) is 5.56 Å². The number of hydrogen-bond donors (Lipinski definition) is 3. The minimum Gasteiger partial charge on any atom is -0.493 e. The molecule has 3 N–H and O–H groups in total. The molecule has 1 aromatic heterocycles. The Kier molecular flexibility index (Phi) is 3.03. The van der Waals surface area contributed by atoms with Crippen LogP contribution in [0.15, 0.2) is 23.3 Å². The van der Waals surface area contributed by atoms with E-state index in [0.717, 1.165) is 5.56 Å². The van der Waals surface area contributed by atoms with Gasteiger partial charge in [0.2, 0.25) is 4.77 Å². The summed E-state index contributed by atoms with van der Waals surface area (Å²) in [7, 11) is 3.17. The highest BCUT2D eigenvalue weighted by Crippen LogP contribution is 2.28. The largest absolute Gasteiger partial charge is 0.493 e. The van der Waals surface area contributed by atoms with Crippen molar-refractivity contribution >= 4 is 24.0 Å². The fourth-order valence-electron chi connectivity index (χ4n) is 1.83. The second-order valence-electron chi connectivity index (χ2n) is 3.94. The summed E-state index contributed by atoms with van der Waals surface area (Å²) in [6, 6.07) is 5.49. The van der Waals surface area contributed by atoms with E-state index >= 15 is 0 Å². The van der Waals surface area contributed by atoms with Crippen molar-refractivity contribution in [2.75, 3.05) is 25.1 Å². The van der Waals surface area contributed by atoms with Gasteiger partial charge in [0.25, 0.3) is 5.95 Å². The summed E-state index contributed by atoms with van der Waals surface area (Å²) < 4.78 is 12.5. The Balaban J connectivity index is 1.96. The van der Waals surface area contributed by atoms with Crippen molar-refractivity contribution in [2.24, 2.45) is 5.10 Å². The first kappa shape index (κ1) is 12.5. The van der Waals surface area contributed by atoms with Crippen LogP contribution in [0.1, 0.15) is 5.56 Å². The van der Waals surface area contributed by atoms with E-state index in [1.165, 1.54) is 0 Å². The molecule has 104 valence electrons. The third-order valence-electron chi connectivity index (χ3n) is 2.81. The molecule has 20 heavy (non-hydrogen) atoms. The second-order valence-corrected chi connectivity index (χ2v) is 4.33. The van der Waals surface area contributed by atoms with Crippen LogP contribution in [0.5, 0.6) is 11.5 Å². The van der Waals surface area contributed by atoms with E-state index < -0.39 is 0 Å². The SMILES string of the molecule is COc1ccc(C2=NNc3n[nH]c(=S)n3N2)cc1OC. The second kappa shape index (κ2) is 4.85. The Morgan fingerprint density at radius 1 is 1.20 bits per heavy atom. The van der Waals surface area contributed by atoms with Gasteiger partial charge < -0.3 is 9.47 Å². The van der Waals surface area contributed by atoms with Gasteiger partial charge in [0.05, 0.1) is 14.2 Å². The summed E-state index contributed by atoms with van der Waals surface area (Å²) in [5.41, 5.74) is 6.69. The number of aromatic amines is 1. The third kappa shape index (κ3) is 1.97. The number of fused-ring (bicyclic) bond motifs is 1. The molecule has 0 spiro atoms. The molecular formula is C11H12N6O2S. The number of methoxy groups -OCH3 is 2. The van der Waals surface area contributed by atoms with Crippen molar-refractivity contribution in [2.45, 2.75) is 0 Å². The van der Waals surface area contributed by atoms with Crippen LogP contribution in [-0.2, 0) is 0 Å². The lowest BCUT2D eigenvalue weighted by Crippen LogP contribution is -2.30. The van der Waals surface area contributed by atoms with Crippen molar-refractivity contribution in [1.29, 1.82) is 0 Å². The fourth-order valence-corrected chi connectivity index (χ4v) is 2.00. The molecule has 0 atom stereocenters. The van der Waals surface area contributed by atoms with Gasteiger partial charge >= 0.3 is 0 Å². The van der Waals surface area contributed by atoms with Crippen molar-refractivity contribution < 1.29 is 9.47 Å². The van der Waals surface area contributed by atoms with Gasteiger partial charge in [0.15, 0.2) is 17.3 Å². The van der Waals surface area contributed by atoms with Crippen molar-refractivity contribution in [3.05, 3.63) is 28.5 Å². The number of hydrogen-bond acceptors (Lipinski definition) is 7. The number of nitrogens with zero attached hydrogens (tertiary/aromatic N) is 3. The van der Waals surface area contributed by atoms with Gasteiger partial charge in [-0.05, 0) is 30.4 Å². The Hall–Kier alpha value is -2.55. The number of benzene rings is 1. The molecule has 9 heteroatoms. The summed E-state index contributed by atoms with van der Waals surface area (Å²) in [5, 5.41) is 10.8. The van der Waals surface area contributed by atoms with E-state index in [0.29, 0.717) is 28.1 Å². The van der Waals surface area contributed by atoms with Gasteiger partial charge in [-0.3, -0.25) is 5.43 Å². The van der Waals surface area contributed by atoms with Crippen LogP contribution in [0.2, 0.25) is 0 Å². The van der Waals surface area contributed by atoms with Crippen molar-refractivity contribution in [3.8, 4) is 11.5 Å². The summed E-state index contributed by atoms with van der Waals surface area (Å²) in [5.74, 6) is 2.37. The molecule has 1 aromatic carbocycles. The van der Waals surface area contributed by atoms with Gasteiger partial charge in [-0.15, -0.1) is 5.10 Å². The topological polar surface area (TPSA) is 88.5 Å². The molecule has 2 aromatic rings. The van der Waals surface area contributed by atoms with E-state index in [1.807, 2.05) is 18.2 Å². The zero-order valence-electron chi connectivity index (χ0n) is 10.8. The zero-order chi connectivity index (χ0) is 14.1. The normalized spacial score (nSPS) is 12.8. The van der Waals surface area contributed by atoms with Gasteiger partial charge in [-0.25, -0.2) is 10.5 Å². The van der Waals surface area contributed by atoms with Crippen LogP contribution in [0.25, 0.3) is 0 Å². The molecule has 0 bridgehead atoms. The smallest absolute Gasteiger partial charge is 0.263 e. The molecule has 1 aliphatic rings. The van der Waals surface area contributed by atoms with Crippen molar-refractivity contribution in [3.63, 3.8) is 0 Å². The fraction of sp³-hybridized carbons (Fsp3) is 0.182. The molecule has 0 aliphatic carbocycles. The highest BCUT2D eigenvalue weighted by molar-refractivity contribution is 7.71. The molecule has 0 unspecified atom stereocenters. The number of anilines is 1. The molecule has 0 fully saturated rings. The molecule has 0 amide bonds. The Labute approximate surface area is 119 Å². The average molecular weight is 292 g/mol. The van der Waals surface area contributed by atoms with Gasteiger partial charge in [-0.2, -0.15) is 9.78 Å². The number of amidine groups is 1. The Morgan fingerprint density at radius 3 is 2.75 bits per heavy atom. The maximum absolute atomic E-state index is 5.27. The van der Waals surface area contributed by atoms with Crippen molar-refractivity contribution in [1.82, 2.24) is 14.9 Å². The number of nitrogens with one attached hydrogen (secondary N) is 3. The van der Waals surface area contributed by atoms with Crippen LogP contribution in [0, 0.1) is 4.77 Å². The predicted octanol–water partition coefficient (Wildman–Crippen LogP) is 1.29. The first-order valence-electron chi connectivity index (χ1n) is 5.73. The van der Waals surface area contributed by atoms with E-state index in [1.54, 1.807) is 18.9 Å². The number of aromatic nitrogens is 3. The summed E-state index contributed by atoms with van der Waals surface area (Å²) in [6.07, 6.45) is 0. The van der Waals surface area contributed by atoms with Gasteiger partial charge in [0.1, 0.15) is 0 Å². The number of ether oxygens (including phenoxy) is 2. The number of rotatable bonds is 3. The number of hydrazone groups is 1. The quantitative estimate of drug-likeness (QED) is 0.739. The summed E-state index contributed by atoms with van der Waals surface area (Å²) >= 11 is 5.11. The minimum absolute atomic E-state index is 0.445. The van der Waals surface area contributed by atoms with E-state index in [9.17, 15) is 0 Å². The molecule has 3 rings (SSSR count). The van der Waals surface area contributed by atoms with E-state index in [2.05, 4.69) is 26.2 Å². The highest BCUT2D eigenvalue weighted by atomic mass is 32.1. The van der Waals surface area contributed by atoms with Crippen LogP contribution >= 0.6 is 12.2 Å². The lowest BCUT2D eigenvalue weighted by atomic mass is 10.2. The molecule has 1 aliphatic heterocycles. The highest BCUT2D eigenvalue weighted by Gasteiger charge is 2.16.